The molecule has 24 heavy (non-hydrogen) atoms. The lowest BCUT2D eigenvalue weighted by Gasteiger charge is -2.12. The van der Waals surface area contributed by atoms with Gasteiger partial charge in [0.05, 0.1) is 24.5 Å². The first-order chi connectivity index (χ1) is 11.6. The van der Waals surface area contributed by atoms with Crippen LogP contribution in [0, 0.1) is 5.82 Å². The molecule has 0 fully saturated rings. The molecule has 0 radical (unpaired) electrons. The smallest absolute Gasteiger partial charge is 0.273 e. The number of nitrogens with one attached hydrogen (secondary N) is 1. The van der Waals surface area contributed by atoms with Crippen LogP contribution in [0.4, 0.5) is 4.39 Å². The minimum absolute atomic E-state index is 0.175. The van der Waals surface area contributed by atoms with Crippen LogP contribution >= 0.6 is 0 Å². The van der Waals surface area contributed by atoms with Crippen molar-refractivity contribution in [3.8, 4) is 0 Å². The van der Waals surface area contributed by atoms with Crippen molar-refractivity contribution in [2.45, 2.75) is 19.5 Å². The van der Waals surface area contributed by atoms with Crippen molar-refractivity contribution < 1.29 is 9.18 Å². The van der Waals surface area contributed by atoms with Gasteiger partial charge in [0.2, 0.25) is 0 Å². The highest BCUT2D eigenvalue weighted by Gasteiger charge is 2.17. The molecule has 6 nitrogen and oxygen atoms in total. The van der Waals surface area contributed by atoms with Gasteiger partial charge in [0.25, 0.3) is 5.91 Å². The molecule has 3 aromatic rings. The average Bonchev–Trinajstić information content (AvgIpc) is 3.10. The van der Waals surface area contributed by atoms with Crippen LogP contribution in [0.25, 0.3) is 0 Å². The Kier molecular flexibility index (Phi) is 4.60. The van der Waals surface area contributed by atoms with E-state index < -0.39 is 0 Å². The minimum Gasteiger partial charge on any atom is -0.345 e. The van der Waals surface area contributed by atoms with Crippen LogP contribution < -0.4 is 5.32 Å². The van der Waals surface area contributed by atoms with Gasteiger partial charge in [-0.25, -0.2) is 9.07 Å². The number of pyridine rings is 1. The van der Waals surface area contributed by atoms with Crippen molar-refractivity contribution in [2.75, 3.05) is 0 Å². The van der Waals surface area contributed by atoms with Crippen molar-refractivity contribution in [2.24, 2.45) is 0 Å². The Hall–Kier alpha value is -3.09. The topological polar surface area (TPSA) is 72.7 Å². The number of hydrogen-bond acceptors (Lipinski definition) is 4. The number of hydrogen-bond donors (Lipinski definition) is 1. The van der Waals surface area contributed by atoms with E-state index in [9.17, 15) is 9.18 Å². The maximum atomic E-state index is 13.9. The van der Waals surface area contributed by atoms with Gasteiger partial charge in [0, 0.05) is 11.8 Å². The molecule has 7 heteroatoms. The predicted molar refractivity (Wildman–Crippen MR) is 85.6 cm³/mol. The first kappa shape index (κ1) is 15.8. The highest BCUT2D eigenvalue weighted by atomic mass is 19.1. The van der Waals surface area contributed by atoms with Crippen LogP contribution in [-0.4, -0.2) is 25.9 Å². The summed E-state index contributed by atoms with van der Waals surface area (Å²) in [6.45, 7) is 2.10. The van der Waals surface area contributed by atoms with Gasteiger partial charge in [-0.3, -0.25) is 9.78 Å². The molecule has 0 unspecified atom stereocenters. The maximum Gasteiger partial charge on any atom is 0.273 e. The first-order valence-electron chi connectivity index (χ1n) is 7.49. The Morgan fingerprint density at radius 3 is 2.79 bits per heavy atom. The number of carbonyl (C=O) groups excluding carboxylic acids is 1. The minimum atomic E-state index is -0.365. The number of halogens is 1. The summed E-state index contributed by atoms with van der Waals surface area (Å²) in [7, 11) is 0. The zero-order valence-electron chi connectivity index (χ0n) is 13.1. The van der Waals surface area contributed by atoms with Gasteiger partial charge in [-0.1, -0.05) is 29.5 Å². The molecule has 0 aliphatic rings. The van der Waals surface area contributed by atoms with Crippen LogP contribution in [0.2, 0.25) is 0 Å². The summed E-state index contributed by atoms with van der Waals surface area (Å²) in [6, 6.07) is 11.6. The molecule has 0 bridgehead atoms. The molecule has 1 aromatic carbocycles. The summed E-state index contributed by atoms with van der Waals surface area (Å²) in [5, 5.41) is 10.5. The van der Waals surface area contributed by atoms with Gasteiger partial charge >= 0.3 is 0 Å². The van der Waals surface area contributed by atoms with E-state index in [1.54, 1.807) is 37.4 Å². The van der Waals surface area contributed by atoms with Gasteiger partial charge < -0.3 is 5.32 Å². The molecule has 2 heterocycles. The SMILES string of the molecule is C[C@@H](c1ccccc1F)n1cc(C(=O)NCc2ccccn2)nn1. The van der Waals surface area contributed by atoms with Crippen LogP contribution in [0.15, 0.2) is 54.9 Å². The Labute approximate surface area is 138 Å². The fourth-order valence-corrected chi connectivity index (χ4v) is 2.29. The molecule has 2 aromatic heterocycles. The quantitative estimate of drug-likeness (QED) is 0.781. The lowest BCUT2D eigenvalue weighted by atomic mass is 10.1. The van der Waals surface area contributed by atoms with E-state index in [1.165, 1.54) is 16.9 Å². The number of carbonyl (C=O) groups is 1. The summed E-state index contributed by atoms with van der Waals surface area (Å²) in [5.74, 6) is -0.672. The molecule has 0 aliphatic heterocycles. The van der Waals surface area contributed by atoms with Crippen molar-refractivity contribution in [1.29, 1.82) is 0 Å². The van der Waals surface area contributed by atoms with Crippen LogP contribution in [0.3, 0.4) is 0 Å². The second-order valence-corrected chi connectivity index (χ2v) is 5.29. The second-order valence-electron chi connectivity index (χ2n) is 5.29. The fraction of sp³-hybridized carbons (Fsp3) is 0.176. The Morgan fingerprint density at radius 1 is 1.25 bits per heavy atom. The molecule has 0 aliphatic carbocycles. The molecule has 3 rings (SSSR count). The van der Waals surface area contributed by atoms with Crippen molar-refractivity contribution in [1.82, 2.24) is 25.3 Å². The van der Waals surface area contributed by atoms with E-state index in [0.717, 1.165) is 5.69 Å². The second kappa shape index (κ2) is 6.99. The van der Waals surface area contributed by atoms with E-state index in [0.29, 0.717) is 12.1 Å². The summed E-state index contributed by atoms with van der Waals surface area (Å²) in [6.07, 6.45) is 3.17. The lowest BCUT2D eigenvalue weighted by molar-refractivity contribution is 0.0945. The van der Waals surface area contributed by atoms with E-state index in [-0.39, 0.29) is 23.5 Å². The highest BCUT2D eigenvalue weighted by Crippen LogP contribution is 2.19. The predicted octanol–water partition coefficient (Wildman–Crippen LogP) is 2.35. The van der Waals surface area contributed by atoms with E-state index in [4.69, 9.17) is 0 Å². The Bertz CT molecular complexity index is 834. The monoisotopic (exact) mass is 325 g/mol. The average molecular weight is 325 g/mol. The van der Waals surface area contributed by atoms with E-state index in [2.05, 4.69) is 20.6 Å². The molecule has 1 atom stereocenters. The number of rotatable bonds is 5. The number of benzene rings is 1. The molecule has 1 amide bonds. The normalized spacial score (nSPS) is 11.9. The number of aromatic nitrogens is 4. The Balaban J connectivity index is 1.69. The standard InChI is InChI=1S/C17H16FN5O/c1-12(14-7-2-3-8-15(14)18)23-11-16(21-22-23)17(24)20-10-13-6-4-5-9-19-13/h2-9,11-12H,10H2,1H3,(H,20,24)/t12-/m0/s1. The van der Waals surface area contributed by atoms with Gasteiger partial charge in [0.1, 0.15) is 5.82 Å². The Morgan fingerprint density at radius 2 is 2.04 bits per heavy atom. The van der Waals surface area contributed by atoms with Gasteiger partial charge in [-0.05, 0) is 25.1 Å². The molecule has 0 spiro atoms. The van der Waals surface area contributed by atoms with Crippen molar-refractivity contribution >= 4 is 5.91 Å². The van der Waals surface area contributed by atoms with Gasteiger partial charge in [-0.2, -0.15) is 0 Å². The molecule has 0 saturated heterocycles. The molecule has 1 N–H and O–H groups in total. The number of amides is 1. The summed E-state index contributed by atoms with van der Waals surface area (Å²) < 4.78 is 15.3. The van der Waals surface area contributed by atoms with Crippen molar-refractivity contribution in [3.63, 3.8) is 0 Å². The zero-order valence-corrected chi connectivity index (χ0v) is 13.1. The van der Waals surface area contributed by atoms with E-state index in [1.807, 2.05) is 12.1 Å². The zero-order chi connectivity index (χ0) is 16.9. The van der Waals surface area contributed by atoms with E-state index >= 15 is 0 Å². The molecule has 0 saturated carbocycles. The highest BCUT2D eigenvalue weighted by molar-refractivity contribution is 5.91. The fourth-order valence-electron chi connectivity index (χ4n) is 2.29. The molecular formula is C17H16FN5O. The first-order valence-corrected chi connectivity index (χ1v) is 7.49. The van der Waals surface area contributed by atoms with Crippen LogP contribution in [0.5, 0.6) is 0 Å². The largest absolute Gasteiger partial charge is 0.345 e. The van der Waals surface area contributed by atoms with Gasteiger partial charge in [-0.15, -0.1) is 5.10 Å². The third-order valence-electron chi connectivity index (χ3n) is 3.65. The summed E-state index contributed by atoms with van der Waals surface area (Å²) >= 11 is 0. The molecular weight excluding hydrogens is 309 g/mol. The molecule has 122 valence electrons. The maximum absolute atomic E-state index is 13.9. The van der Waals surface area contributed by atoms with Gasteiger partial charge in [0.15, 0.2) is 5.69 Å². The third kappa shape index (κ3) is 3.45. The summed E-state index contributed by atoms with van der Waals surface area (Å²) in [5.41, 5.74) is 1.41. The van der Waals surface area contributed by atoms with Crippen LogP contribution in [-0.2, 0) is 6.54 Å². The van der Waals surface area contributed by atoms with Crippen LogP contribution in [0.1, 0.15) is 34.7 Å². The summed E-state index contributed by atoms with van der Waals surface area (Å²) in [4.78, 5) is 16.3. The number of nitrogens with zero attached hydrogens (tertiary/aromatic N) is 4. The third-order valence-corrected chi connectivity index (χ3v) is 3.65. The van der Waals surface area contributed by atoms with Crippen molar-refractivity contribution in [3.05, 3.63) is 77.6 Å². The lowest BCUT2D eigenvalue weighted by Crippen LogP contribution is -2.23.